The van der Waals surface area contributed by atoms with Crippen molar-refractivity contribution in [1.29, 1.82) is 0 Å². The van der Waals surface area contributed by atoms with E-state index in [1.807, 2.05) is 12.1 Å². The molecule has 0 amide bonds. The Morgan fingerprint density at radius 3 is 1.18 bits per heavy atom. The number of fused-ring (bicyclic) bond motifs is 1. The molecule has 0 bridgehead atoms. The van der Waals surface area contributed by atoms with Gasteiger partial charge in [-0.25, -0.2) is 0 Å². The van der Waals surface area contributed by atoms with Gasteiger partial charge in [-0.15, -0.1) is 0 Å². The van der Waals surface area contributed by atoms with Gasteiger partial charge in [0.15, 0.2) is 0 Å². The van der Waals surface area contributed by atoms with Crippen LogP contribution in [0.3, 0.4) is 0 Å². The third-order valence-electron chi connectivity index (χ3n) is 10.4. The van der Waals surface area contributed by atoms with Gasteiger partial charge in [-0.2, -0.15) is 0 Å². The van der Waals surface area contributed by atoms with Crippen molar-refractivity contribution < 1.29 is 44.7 Å². The predicted molar refractivity (Wildman–Crippen MR) is 269 cm³/mol. The number of quaternary nitrogens is 1. The SMILES string of the molecule is C.CCCCCCCCCCCC(=O)O.CCCCCCCCCCCC(=O)OC1CCC(OC(=O)CCCCCCCCCCC)c2cc(I)ccc21.C[N+](C)(C)C.[2H]CF.[OH-]. The van der Waals surface area contributed by atoms with Crippen LogP contribution in [-0.2, 0) is 23.9 Å². The Morgan fingerprint density at radius 2 is 0.871 bits per heavy atom. The van der Waals surface area contributed by atoms with E-state index in [1.165, 1.54) is 135 Å². The highest BCUT2D eigenvalue weighted by molar-refractivity contribution is 14.1. The van der Waals surface area contributed by atoms with Gasteiger partial charge in [-0.1, -0.05) is 188 Å². The summed E-state index contributed by atoms with van der Waals surface area (Å²) >= 11 is 2.30. The molecule has 1 aromatic carbocycles. The van der Waals surface area contributed by atoms with E-state index in [4.69, 9.17) is 16.0 Å². The van der Waals surface area contributed by atoms with Gasteiger partial charge in [0.2, 0.25) is 0 Å². The summed E-state index contributed by atoms with van der Waals surface area (Å²) in [5.74, 6) is -0.866. The van der Waals surface area contributed by atoms with Crippen LogP contribution in [0, 0.1) is 3.57 Å². The largest absolute Gasteiger partial charge is 0.870 e. The Hall–Kier alpha value is -1.79. The van der Waals surface area contributed by atoms with E-state index in [1.54, 1.807) is 0 Å². The van der Waals surface area contributed by atoms with Crippen molar-refractivity contribution >= 4 is 40.5 Å². The first-order valence-corrected chi connectivity index (χ1v) is 25.4. The quantitative estimate of drug-likeness (QED) is 0.0330. The Labute approximate surface area is 397 Å². The summed E-state index contributed by atoms with van der Waals surface area (Å²) in [6.45, 7) is 6.73. The van der Waals surface area contributed by atoms with Crippen LogP contribution in [0.4, 0.5) is 4.39 Å². The maximum atomic E-state index is 12.6. The molecule has 1 aromatic rings. The molecule has 0 radical (unpaired) electrons. The van der Waals surface area contributed by atoms with Crippen LogP contribution in [0.5, 0.6) is 0 Å². The van der Waals surface area contributed by atoms with E-state index in [0.29, 0.717) is 32.1 Å². The number of carbonyl (C=O) groups excluding carboxylic acids is 2. The van der Waals surface area contributed by atoms with Gasteiger partial charge >= 0.3 is 17.9 Å². The number of hydrogen-bond donors (Lipinski definition) is 1. The highest BCUT2D eigenvalue weighted by Gasteiger charge is 2.32. The van der Waals surface area contributed by atoms with Crippen molar-refractivity contribution in [3.8, 4) is 0 Å². The fraction of sp³-hybridized carbons (Fsp3) is 0.827. The van der Waals surface area contributed by atoms with Gasteiger partial charge in [-0.05, 0) is 72.4 Å². The van der Waals surface area contributed by atoms with Gasteiger partial charge in [0.05, 0.1) is 36.7 Å². The molecule has 1 aliphatic carbocycles. The number of carboxylic acid groups (broad SMARTS) is 1. The lowest BCUT2D eigenvalue weighted by atomic mass is 9.87. The van der Waals surface area contributed by atoms with Crippen molar-refractivity contribution in [3.63, 3.8) is 0 Å². The zero-order valence-corrected chi connectivity index (χ0v) is 42.5. The molecule has 0 heterocycles. The van der Waals surface area contributed by atoms with Crippen LogP contribution in [-0.4, -0.2) is 68.3 Å². The third kappa shape index (κ3) is 44.8. The van der Waals surface area contributed by atoms with Crippen LogP contribution in [0.1, 0.15) is 258 Å². The average Bonchev–Trinajstić information content (AvgIpc) is 3.19. The van der Waals surface area contributed by atoms with E-state index in [-0.39, 0.29) is 37.0 Å². The molecule has 0 aliphatic heterocycles. The number of carboxylic acids is 1. The maximum Gasteiger partial charge on any atom is 0.306 e. The number of carbonyl (C=O) groups is 3. The van der Waals surface area contributed by atoms with Crippen LogP contribution in [0.2, 0.25) is 0 Å². The molecule has 2 atom stereocenters. The lowest BCUT2D eigenvalue weighted by Gasteiger charge is -2.31. The number of rotatable bonds is 32. The number of halogens is 2. The molecule has 2 unspecified atom stereocenters. The zero-order chi connectivity index (χ0) is 46.0. The second kappa shape index (κ2) is 47.2. The summed E-state index contributed by atoms with van der Waals surface area (Å²) in [7, 11) is 7.50. The molecule has 8 nitrogen and oxygen atoms in total. The Kier molecular flexibility index (Phi) is 49.1. The lowest BCUT2D eigenvalue weighted by Crippen LogP contribution is -2.27. The molecule has 0 aromatic heterocycles. The van der Waals surface area contributed by atoms with Crippen LogP contribution >= 0.6 is 22.6 Å². The molecular formula is C52H99FINO7. The van der Waals surface area contributed by atoms with Crippen molar-refractivity contribution in [2.75, 3.05) is 35.3 Å². The predicted octanol–water partition coefficient (Wildman–Crippen LogP) is 16.5. The van der Waals surface area contributed by atoms with Crippen LogP contribution in [0.25, 0.3) is 0 Å². The van der Waals surface area contributed by atoms with E-state index in [9.17, 15) is 18.8 Å². The first kappa shape index (κ1) is 64.5. The third-order valence-corrected chi connectivity index (χ3v) is 11.1. The molecule has 368 valence electrons. The number of unbranched alkanes of at least 4 members (excludes halogenated alkanes) is 24. The van der Waals surface area contributed by atoms with E-state index >= 15 is 0 Å². The summed E-state index contributed by atoms with van der Waals surface area (Å²) in [5.41, 5.74) is 2.01. The van der Waals surface area contributed by atoms with Crippen molar-refractivity contribution in [2.45, 2.75) is 246 Å². The number of aliphatic carboxylic acids is 1. The van der Waals surface area contributed by atoms with E-state index < -0.39 is 13.1 Å². The minimum absolute atomic E-state index is 0. The van der Waals surface area contributed by atoms with E-state index in [2.05, 4.69) is 77.6 Å². The summed E-state index contributed by atoms with van der Waals surface area (Å²) in [6, 6.07) is 6.19. The van der Waals surface area contributed by atoms with Crippen LogP contribution < -0.4 is 0 Å². The topological polar surface area (TPSA) is 120 Å². The molecule has 0 saturated carbocycles. The number of alkyl halides is 1. The lowest BCUT2D eigenvalue weighted by molar-refractivity contribution is -0.849. The number of benzene rings is 1. The molecule has 2 rings (SSSR count). The fourth-order valence-electron chi connectivity index (χ4n) is 7.16. The smallest absolute Gasteiger partial charge is 0.306 e. The minimum Gasteiger partial charge on any atom is -0.870 e. The van der Waals surface area contributed by atoms with Gasteiger partial charge in [-0.3, -0.25) is 18.8 Å². The highest BCUT2D eigenvalue weighted by atomic mass is 127. The monoisotopic (exact) mass is 997 g/mol. The van der Waals surface area contributed by atoms with Gasteiger partial charge in [0, 0.05) is 28.4 Å². The van der Waals surface area contributed by atoms with E-state index in [0.717, 1.165) is 57.7 Å². The number of ether oxygens (including phenoxy) is 2. The van der Waals surface area contributed by atoms with Gasteiger partial charge in [0.25, 0.3) is 0 Å². The number of hydrogen-bond acceptors (Lipinski definition) is 6. The Morgan fingerprint density at radius 1 is 0.597 bits per heavy atom. The van der Waals surface area contributed by atoms with Gasteiger partial charge in [0.1, 0.15) is 12.2 Å². The fourth-order valence-corrected chi connectivity index (χ4v) is 7.67. The van der Waals surface area contributed by atoms with Crippen molar-refractivity contribution in [1.82, 2.24) is 0 Å². The van der Waals surface area contributed by atoms with Crippen molar-refractivity contribution in [3.05, 3.63) is 32.9 Å². The second-order valence-corrected chi connectivity index (χ2v) is 19.4. The first-order valence-electron chi connectivity index (χ1n) is 25.0. The maximum absolute atomic E-state index is 12.6. The highest BCUT2D eigenvalue weighted by Crippen LogP contribution is 2.41. The number of esters is 2. The van der Waals surface area contributed by atoms with Gasteiger partial charge < -0.3 is 24.5 Å². The molecule has 10 heteroatoms. The zero-order valence-electron chi connectivity index (χ0n) is 41.4. The van der Waals surface area contributed by atoms with Crippen molar-refractivity contribution in [2.24, 2.45) is 0 Å². The molecule has 0 saturated heterocycles. The normalized spacial score (nSPS) is 14.0. The summed E-state index contributed by atoms with van der Waals surface area (Å²) in [6.07, 6.45) is 35.6. The molecular weight excluding hydrogens is 896 g/mol. The molecule has 1 aliphatic rings. The molecule has 0 spiro atoms. The first-order chi connectivity index (χ1) is 29.2. The molecule has 2 N–H and O–H groups in total. The second-order valence-electron chi connectivity index (χ2n) is 18.1. The van der Waals surface area contributed by atoms with Crippen LogP contribution in [0.15, 0.2) is 18.2 Å². The molecule has 0 fully saturated rings. The summed E-state index contributed by atoms with van der Waals surface area (Å²) < 4.78 is 29.5. The number of nitrogens with zero attached hydrogens (tertiary/aromatic N) is 1. The summed E-state index contributed by atoms with van der Waals surface area (Å²) in [4.78, 5) is 35.4. The minimum atomic E-state index is -1.00. The average molecular weight is 997 g/mol. The summed E-state index contributed by atoms with van der Waals surface area (Å²) in [5, 5.41) is 8.41. The standard InChI is InChI=1S/C34H55IO4.C12H24O2.C4H12N.CH3F.CH4.H2O/c1-3-5-7-9-11-13-15-17-19-21-33(36)38-31-25-26-32(30-27-28(35)23-24-29(30)31)39-34(37)22-20-18-16-14-12-10-8-6-4-2;1-2-3-4-5-6-7-8-9-10-11-12(13)14;1-5(2,3)4;1-2;;/h23-24,27,31-32H,3-22,25-26H2,1-2H3;2-11H2,1H3,(H,13,14);1-4H3;1H3;1H4;1H2/q;;+1;;;/p-1/i;;;1D;;. The Bertz CT molecular complexity index is 1180. The Balaban J connectivity index is -0.000000600. The molecule has 62 heavy (non-hydrogen) atoms.